The molecule has 2 aromatic rings. The first-order valence-corrected chi connectivity index (χ1v) is 7.85. The monoisotopic (exact) mass is 350 g/mol. The van der Waals surface area contributed by atoms with Gasteiger partial charge in [0.15, 0.2) is 0 Å². The first-order chi connectivity index (χ1) is 11.8. The van der Waals surface area contributed by atoms with Crippen LogP contribution in [0.1, 0.15) is 30.9 Å². The lowest BCUT2D eigenvalue weighted by atomic mass is 10.1. The number of carbonyl (C=O) groups is 1. The molecule has 0 atom stereocenters. The normalized spacial score (nSPS) is 15.5. The SMILES string of the molecule is CC1(C(=O)NCc2cccnc2Oc2cccc(C(F)(F)F)c2)CC1. The number of rotatable bonds is 5. The molecular formula is C18H17F3N2O2. The summed E-state index contributed by atoms with van der Waals surface area (Å²) in [4.78, 5) is 16.1. The zero-order chi connectivity index (χ0) is 18.1. The van der Waals surface area contributed by atoms with Crippen molar-refractivity contribution in [3.05, 3.63) is 53.7 Å². The van der Waals surface area contributed by atoms with Crippen LogP contribution in [0.2, 0.25) is 0 Å². The average molecular weight is 350 g/mol. The molecule has 0 unspecified atom stereocenters. The van der Waals surface area contributed by atoms with E-state index in [4.69, 9.17) is 4.74 Å². The topological polar surface area (TPSA) is 51.2 Å². The lowest BCUT2D eigenvalue weighted by molar-refractivity contribution is -0.137. The Morgan fingerprint density at radius 2 is 2.04 bits per heavy atom. The highest BCUT2D eigenvalue weighted by molar-refractivity contribution is 5.84. The van der Waals surface area contributed by atoms with E-state index in [0.29, 0.717) is 5.56 Å². The molecule has 25 heavy (non-hydrogen) atoms. The average Bonchev–Trinajstić information content (AvgIpc) is 3.32. The van der Waals surface area contributed by atoms with Crippen molar-refractivity contribution in [3.8, 4) is 11.6 Å². The Hall–Kier alpha value is -2.57. The van der Waals surface area contributed by atoms with Gasteiger partial charge >= 0.3 is 6.18 Å². The van der Waals surface area contributed by atoms with Gasteiger partial charge in [-0.1, -0.05) is 19.1 Å². The first-order valence-electron chi connectivity index (χ1n) is 7.85. The van der Waals surface area contributed by atoms with Gasteiger partial charge in [0, 0.05) is 23.7 Å². The third-order valence-electron chi connectivity index (χ3n) is 4.21. The van der Waals surface area contributed by atoms with E-state index in [1.54, 1.807) is 12.1 Å². The number of hydrogen-bond donors (Lipinski definition) is 1. The summed E-state index contributed by atoms with van der Waals surface area (Å²) in [6, 6.07) is 7.99. The van der Waals surface area contributed by atoms with E-state index in [0.717, 1.165) is 25.0 Å². The Bertz CT molecular complexity index is 786. The molecule has 0 aliphatic heterocycles. The maximum atomic E-state index is 12.8. The van der Waals surface area contributed by atoms with Crippen LogP contribution in [0.5, 0.6) is 11.6 Å². The largest absolute Gasteiger partial charge is 0.439 e. The molecule has 7 heteroatoms. The number of benzene rings is 1. The van der Waals surface area contributed by atoms with Crippen LogP contribution in [0, 0.1) is 5.41 Å². The van der Waals surface area contributed by atoms with E-state index < -0.39 is 11.7 Å². The van der Waals surface area contributed by atoms with E-state index in [1.807, 2.05) is 6.92 Å². The summed E-state index contributed by atoms with van der Waals surface area (Å²) in [7, 11) is 0. The van der Waals surface area contributed by atoms with Crippen LogP contribution in [-0.2, 0) is 17.5 Å². The molecule has 0 saturated heterocycles. The van der Waals surface area contributed by atoms with Crippen LogP contribution in [0.25, 0.3) is 0 Å². The molecule has 3 rings (SSSR count). The molecule has 1 saturated carbocycles. The number of aromatic nitrogens is 1. The fourth-order valence-corrected chi connectivity index (χ4v) is 2.30. The Kier molecular flexibility index (Phi) is 4.41. The van der Waals surface area contributed by atoms with Crippen molar-refractivity contribution in [1.29, 1.82) is 0 Å². The van der Waals surface area contributed by atoms with Gasteiger partial charge in [-0.2, -0.15) is 13.2 Å². The van der Waals surface area contributed by atoms with Crippen molar-refractivity contribution in [2.24, 2.45) is 5.41 Å². The third-order valence-corrected chi connectivity index (χ3v) is 4.21. The molecule has 1 aromatic carbocycles. The second-order valence-corrected chi connectivity index (χ2v) is 6.34. The zero-order valence-corrected chi connectivity index (χ0v) is 13.6. The molecule has 1 aromatic heterocycles. The number of amides is 1. The summed E-state index contributed by atoms with van der Waals surface area (Å²) >= 11 is 0. The molecule has 0 radical (unpaired) electrons. The summed E-state index contributed by atoms with van der Waals surface area (Å²) in [5.41, 5.74) is -0.500. The van der Waals surface area contributed by atoms with Gasteiger partial charge in [-0.25, -0.2) is 4.98 Å². The van der Waals surface area contributed by atoms with Crippen molar-refractivity contribution in [2.45, 2.75) is 32.5 Å². The van der Waals surface area contributed by atoms with Gasteiger partial charge < -0.3 is 10.1 Å². The predicted molar refractivity (Wildman–Crippen MR) is 84.9 cm³/mol. The summed E-state index contributed by atoms with van der Waals surface area (Å²) in [6.45, 7) is 2.10. The Labute approximate surface area is 143 Å². The van der Waals surface area contributed by atoms with E-state index in [9.17, 15) is 18.0 Å². The molecule has 4 nitrogen and oxygen atoms in total. The molecular weight excluding hydrogens is 333 g/mol. The maximum absolute atomic E-state index is 12.8. The minimum atomic E-state index is -4.44. The van der Waals surface area contributed by atoms with Crippen LogP contribution in [-0.4, -0.2) is 10.9 Å². The fraction of sp³-hybridized carbons (Fsp3) is 0.333. The van der Waals surface area contributed by atoms with Gasteiger partial charge in [0.05, 0.1) is 5.56 Å². The second-order valence-electron chi connectivity index (χ2n) is 6.34. The quantitative estimate of drug-likeness (QED) is 0.874. The van der Waals surface area contributed by atoms with Gasteiger partial charge in [0.1, 0.15) is 5.75 Å². The molecule has 1 aliphatic carbocycles. The molecule has 132 valence electrons. The highest BCUT2D eigenvalue weighted by atomic mass is 19.4. The third kappa shape index (κ3) is 4.10. The number of nitrogens with one attached hydrogen (secondary N) is 1. The Morgan fingerprint density at radius 3 is 2.72 bits per heavy atom. The van der Waals surface area contributed by atoms with Crippen molar-refractivity contribution in [2.75, 3.05) is 0 Å². The molecule has 0 spiro atoms. The van der Waals surface area contributed by atoms with Crippen molar-refractivity contribution in [1.82, 2.24) is 10.3 Å². The Morgan fingerprint density at radius 1 is 1.28 bits per heavy atom. The summed E-state index contributed by atoms with van der Waals surface area (Å²) in [6.07, 6.45) is -1.24. The minimum Gasteiger partial charge on any atom is -0.439 e. The zero-order valence-electron chi connectivity index (χ0n) is 13.6. The van der Waals surface area contributed by atoms with E-state index in [2.05, 4.69) is 10.3 Å². The smallest absolute Gasteiger partial charge is 0.416 e. The van der Waals surface area contributed by atoms with E-state index in [1.165, 1.54) is 18.3 Å². The molecule has 0 bridgehead atoms. The van der Waals surface area contributed by atoms with Crippen molar-refractivity contribution >= 4 is 5.91 Å². The van der Waals surface area contributed by atoms with Crippen LogP contribution >= 0.6 is 0 Å². The number of alkyl halides is 3. The maximum Gasteiger partial charge on any atom is 0.416 e. The number of halogens is 3. The summed E-state index contributed by atoms with van der Waals surface area (Å²) in [5, 5.41) is 2.82. The number of pyridine rings is 1. The van der Waals surface area contributed by atoms with Crippen LogP contribution in [0.4, 0.5) is 13.2 Å². The molecule has 1 N–H and O–H groups in total. The van der Waals surface area contributed by atoms with Crippen LogP contribution in [0.15, 0.2) is 42.6 Å². The molecule has 1 heterocycles. The number of ether oxygens (including phenoxy) is 1. The fourth-order valence-electron chi connectivity index (χ4n) is 2.30. The van der Waals surface area contributed by atoms with E-state index >= 15 is 0 Å². The predicted octanol–water partition coefficient (Wildman–Crippen LogP) is 4.31. The number of nitrogens with zero attached hydrogens (tertiary/aromatic N) is 1. The van der Waals surface area contributed by atoms with Gasteiger partial charge in [0.25, 0.3) is 0 Å². The van der Waals surface area contributed by atoms with Crippen molar-refractivity contribution < 1.29 is 22.7 Å². The minimum absolute atomic E-state index is 0.0373. The lowest BCUT2D eigenvalue weighted by Crippen LogP contribution is -2.29. The molecule has 1 fully saturated rings. The van der Waals surface area contributed by atoms with Crippen molar-refractivity contribution in [3.63, 3.8) is 0 Å². The summed E-state index contributed by atoms with van der Waals surface area (Å²) < 4.78 is 43.9. The van der Waals surface area contributed by atoms with Crippen LogP contribution < -0.4 is 10.1 Å². The number of hydrogen-bond acceptors (Lipinski definition) is 3. The number of carbonyl (C=O) groups excluding carboxylic acids is 1. The van der Waals surface area contributed by atoms with E-state index in [-0.39, 0.29) is 29.5 Å². The Balaban J connectivity index is 1.74. The van der Waals surface area contributed by atoms with Crippen LogP contribution in [0.3, 0.4) is 0 Å². The van der Waals surface area contributed by atoms with Gasteiger partial charge in [-0.05, 0) is 37.1 Å². The highest BCUT2D eigenvalue weighted by Gasteiger charge is 2.44. The first kappa shape index (κ1) is 17.3. The molecule has 1 aliphatic rings. The highest BCUT2D eigenvalue weighted by Crippen LogP contribution is 2.45. The lowest BCUT2D eigenvalue weighted by Gasteiger charge is -2.14. The molecule has 1 amide bonds. The second kappa shape index (κ2) is 6.38. The van der Waals surface area contributed by atoms with Gasteiger partial charge in [-0.15, -0.1) is 0 Å². The van der Waals surface area contributed by atoms with Gasteiger partial charge in [0.2, 0.25) is 11.8 Å². The summed E-state index contributed by atoms with van der Waals surface area (Å²) in [5.74, 6) is 0.166. The standard InChI is InChI=1S/C18H17F3N2O2/c1-17(7-8-17)16(24)23-11-12-4-3-9-22-15(12)25-14-6-2-5-13(10-14)18(19,20)21/h2-6,9-10H,7-8,11H2,1H3,(H,23,24). The van der Waals surface area contributed by atoms with Gasteiger partial charge in [-0.3, -0.25) is 4.79 Å².